The molecule has 0 spiro atoms. The summed E-state index contributed by atoms with van der Waals surface area (Å²) in [5.74, 6) is 1.99. The Balaban J connectivity index is 0.00000288. The average Bonchev–Trinajstić information content (AvgIpc) is 2.57. The average molecular weight is 448 g/mol. The van der Waals surface area contributed by atoms with Gasteiger partial charge < -0.3 is 25.4 Å². The zero-order valence-electron chi connectivity index (χ0n) is 14.0. The van der Waals surface area contributed by atoms with Gasteiger partial charge in [-0.3, -0.25) is 4.79 Å². The number of para-hydroxylation sites is 2. The minimum atomic E-state index is -0.113. The van der Waals surface area contributed by atoms with Gasteiger partial charge in [0.25, 0.3) is 0 Å². The van der Waals surface area contributed by atoms with E-state index < -0.39 is 0 Å². The van der Waals surface area contributed by atoms with Crippen molar-refractivity contribution in [2.45, 2.75) is 20.0 Å². The molecule has 1 unspecified atom stereocenters. The monoisotopic (exact) mass is 448 g/mol. The van der Waals surface area contributed by atoms with E-state index in [1.54, 1.807) is 0 Å². The normalized spacial score (nSPS) is 15.9. The zero-order valence-corrected chi connectivity index (χ0v) is 16.3. The predicted octanol–water partition coefficient (Wildman–Crippen LogP) is 1.14. The summed E-state index contributed by atoms with van der Waals surface area (Å²) < 4.78 is 11.5. The van der Waals surface area contributed by atoms with Crippen LogP contribution >= 0.6 is 24.0 Å². The minimum absolute atomic E-state index is 0. The lowest BCUT2D eigenvalue weighted by Gasteiger charge is -2.27. The number of hydrogen-bond acceptors (Lipinski definition) is 4. The summed E-state index contributed by atoms with van der Waals surface area (Å²) in [6.45, 7) is 6.27. The number of halogens is 1. The lowest BCUT2D eigenvalue weighted by Crippen LogP contribution is -2.45. The van der Waals surface area contributed by atoms with Crippen LogP contribution in [-0.2, 0) is 4.79 Å². The fourth-order valence-corrected chi connectivity index (χ4v) is 2.12. The van der Waals surface area contributed by atoms with Crippen LogP contribution in [0.4, 0.5) is 0 Å². The number of nitrogens with one attached hydrogen (secondary N) is 3. The molecule has 0 radical (unpaired) electrons. The Morgan fingerprint density at radius 3 is 2.58 bits per heavy atom. The molecule has 3 N–H and O–H groups in total. The third-order valence-electron chi connectivity index (χ3n) is 3.16. The number of guanidine groups is 1. The highest BCUT2D eigenvalue weighted by Crippen LogP contribution is 2.30. The van der Waals surface area contributed by atoms with E-state index in [2.05, 4.69) is 20.9 Å². The van der Waals surface area contributed by atoms with Crippen molar-refractivity contribution >= 4 is 35.8 Å². The lowest BCUT2D eigenvalue weighted by molar-refractivity contribution is -0.119. The van der Waals surface area contributed by atoms with Gasteiger partial charge in [0.15, 0.2) is 17.5 Å². The Hall–Kier alpha value is -1.71. The fraction of sp³-hybridized carbons (Fsp3) is 0.500. The molecule has 1 aromatic rings. The molecule has 1 aliphatic heterocycles. The molecule has 0 aliphatic carbocycles. The van der Waals surface area contributed by atoms with E-state index in [0.29, 0.717) is 32.2 Å². The molecule has 134 valence electrons. The van der Waals surface area contributed by atoms with Crippen molar-refractivity contribution in [3.63, 3.8) is 0 Å². The molecule has 2 rings (SSSR count). The summed E-state index contributed by atoms with van der Waals surface area (Å²) in [6, 6.07) is 7.60. The number of aliphatic imine (C=N–C) groups is 1. The molecule has 0 aromatic heterocycles. The summed E-state index contributed by atoms with van der Waals surface area (Å²) in [6.07, 6.45) is -0.113. The van der Waals surface area contributed by atoms with E-state index in [-0.39, 0.29) is 42.5 Å². The smallest absolute Gasteiger partial charge is 0.241 e. The second-order valence-corrected chi connectivity index (χ2v) is 5.03. The van der Waals surface area contributed by atoms with Gasteiger partial charge in [-0.25, -0.2) is 4.99 Å². The second-order valence-electron chi connectivity index (χ2n) is 5.03. The number of hydrogen-bond donors (Lipinski definition) is 3. The Labute approximate surface area is 159 Å². The van der Waals surface area contributed by atoms with E-state index >= 15 is 0 Å². The van der Waals surface area contributed by atoms with Gasteiger partial charge in [-0.05, 0) is 26.0 Å². The summed E-state index contributed by atoms with van der Waals surface area (Å²) in [7, 11) is 0. The number of nitrogens with zero attached hydrogens (tertiary/aromatic N) is 1. The molecule has 1 atom stereocenters. The summed E-state index contributed by atoms with van der Waals surface area (Å²) in [5, 5.41) is 8.99. The van der Waals surface area contributed by atoms with Crippen LogP contribution in [-0.4, -0.2) is 50.8 Å². The highest BCUT2D eigenvalue weighted by molar-refractivity contribution is 14.0. The number of benzene rings is 1. The molecule has 7 nitrogen and oxygen atoms in total. The van der Waals surface area contributed by atoms with Gasteiger partial charge in [0, 0.05) is 13.1 Å². The number of fused-ring (bicyclic) bond motifs is 1. The number of carbonyl (C=O) groups excluding carboxylic acids is 1. The molecule has 1 amide bonds. The van der Waals surface area contributed by atoms with Crippen LogP contribution in [0.2, 0.25) is 0 Å². The standard InChI is InChI=1S/C16H24N4O3.HI/c1-3-17-15(21)10-20-16(18-4-2)19-9-12-11-22-13-7-5-6-8-14(13)23-12;/h5-8,12H,3-4,9-11H2,1-2H3,(H,17,21)(H2,18,19,20);1H. The maximum Gasteiger partial charge on any atom is 0.241 e. The largest absolute Gasteiger partial charge is 0.486 e. The van der Waals surface area contributed by atoms with Gasteiger partial charge in [0.1, 0.15) is 19.3 Å². The Morgan fingerprint density at radius 2 is 1.88 bits per heavy atom. The number of rotatable bonds is 6. The van der Waals surface area contributed by atoms with Crippen molar-refractivity contribution in [1.82, 2.24) is 16.0 Å². The molecule has 8 heteroatoms. The van der Waals surface area contributed by atoms with Crippen LogP contribution < -0.4 is 25.4 Å². The molecule has 0 saturated carbocycles. The first-order chi connectivity index (χ1) is 11.2. The van der Waals surface area contributed by atoms with Gasteiger partial charge in [0.05, 0.1) is 6.54 Å². The number of amides is 1. The van der Waals surface area contributed by atoms with Crippen LogP contribution in [0.3, 0.4) is 0 Å². The van der Waals surface area contributed by atoms with Crippen LogP contribution in [0, 0.1) is 0 Å². The van der Waals surface area contributed by atoms with Crippen LogP contribution in [0.25, 0.3) is 0 Å². The first-order valence-corrected chi connectivity index (χ1v) is 7.90. The van der Waals surface area contributed by atoms with E-state index in [0.717, 1.165) is 11.5 Å². The second kappa shape index (κ2) is 11.0. The van der Waals surface area contributed by atoms with Crippen molar-refractivity contribution in [2.24, 2.45) is 4.99 Å². The first-order valence-electron chi connectivity index (χ1n) is 7.90. The van der Waals surface area contributed by atoms with Crippen LogP contribution in [0.15, 0.2) is 29.3 Å². The molecule has 1 aliphatic rings. The summed E-state index contributed by atoms with van der Waals surface area (Å²) >= 11 is 0. The van der Waals surface area contributed by atoms with Crippen molar-refractivity contribution in [3.05, 3.63) is 24.3 Å². The minimum Gasteiger partial charge on any atom is -0.486 e. The molecular formula is C16H25IN4O3. The Bertz CT molecular complexity index is 554. The maximum absolute atomic E-state index is 11.5. The van der Waals surface area contributed by atoms with Gasteiger partial charge in [0.2, 0.25) is 5.91 Å². The Kier molecular flexibility index (Phi) is 9.28. The molecule has 0 bridgehead atoms. The molecule has 1 aromatic carbocycles. The van der Waals surface area contributed by atoms with Crippen molar-refractivity contribution < 1.29 is 14.3 Å². The summed E-state index contributed by atoms with van der Waals surface area (Å²) in [4.78, 5) is 15.7. The highest BCUT2D eigenvalue weighted by Gasteiger charge is 2.20. The lowest BCUT2D eigenvalue weighted by atomic mass is 10.2. The van der Waals surface area contributed by atoms with E-state index in [1.807, 2.05) is 38.1 Å². The third kappa shape index (κ3) is 6.42. The first kappa shape index (κ1) is 20.3. The van der Waals surface area contributed by atoms with Crippen molar-refractivity contribution in [1.29, 1.82) is 0 Å². The van der Waals surface area contributed by atoms with Crippen molar-refractivity contribution in [3.8, 4) is 11.5 Å². The molecule has 0 saturated heterocycles. The zero-order chi connectivity index (χ0) is 16.5. The summed E-state index contributed by atoms with van der Waals surface area (Å²) in [5.41, 5.74) is 0. The maximum atomic E-state index is 11.5. The third-order valence-corrected chi connectivity index (χ3v) is 3.16. The van der Waals surface area contributed by atoms with E-state index in [9.17, 15) is 4.79 Å². The van der Waals surface area contributed by atoms with Gasteiger partial charge in [-0.1, -0.05) is 12.1 Å². The number of ether oxygens (including phenoxy) is 2. The number of carbonyl (C=O) groups is 1. The Morgan fingerprint density at radius 1 is 1.17 bits per heavy atom. The quantitative estimate of drug-likeness (QED) is 0.346. The molecule has 0 fully saturated rings. The van der Waals surface area contributed by atoms with Crippen molar-refractivity contribution in [2.75, 3.05) is 32.8 Å². The molecular weight excluding hydrogens is 423 g/mol. The van der Waals surface area contributed by atoms with Gasteiger partial charge in [-0.15, -0.1) is 24.0 Å². The van der Waals surface area contributed by atoms with Crippen LogP contribution in [0.1, 0.15) is 13.8 Å². The molecule has 1 heterocycles. The molecule has 24 heavy (non-hydrogen) atoms. The highest BCUT2D eigenvalue weighted by atomic mass is 127. The number of likely N-dealkylation sites (N-methyl/N-ethyl adjacent to an activating group) is 1. The fourth-order valence-electron chi connectivity index (χ4n) is 2.12. The van der Waals surface area contributed by atoms with Gasteiger partial charge >= 0.3 is 0 Å². The predicted molar refractivity (Wildman–Crippen MR) is 104 cm³/mol. The SMILES string of the molecule is CCNC(=O)CN=C(NCC)NCC1COc2ccccc2O1.I. The topological polar surface area (TPSA) is 84.0 Å². The van der Waals surface area contributed by atoms with Gasteiger partial charge in [-0.2, -0.15) is 0 Å². The van der Waals surface area contributed by atoms with Crippen LogP contribution in [0.5, 0.6) is 11.5 Å². The van der Waals surface area contributed by atoms with E-state index in [4.69, 9.17) is 9.47 Å². The van der Waals surface area contributed by atoms with E-state index in [1.165, 1.54) is 0 Å².